The molecule has 9 heavy (non-hydrogen) atoms. The standard InChI is InChI=1S/C6H12N2O/c7-4-1-2-5(8)6(9)3-4/h3-5,9H,1-2,7-8H2. The molecule has 0 aliphatic heterocycles. The molecule has 0 bridgehead atoms. The summed E-state index contributed by atoms with van der Waals surface area (Å²) in [6, 6.07) is -0.172. The van der Waals surface area contributed by atoms with Gasteiger partial charge in [-0.05, 0) is 18.9 Å². The predicted octanol–water partition coefficient (Wildman–Crippen LogP) is -0.123. The summed E-state index contributed by atoms with van der Waals surface area (Å²) in [4.78, 5) is 0. The molecule has 0 amide bonds. The maximum absolute atomic E-state index is 9.00. The number of aliphatic hydroxyl groups is 1. The molecule has 0 saturated heterocycles. The molecule has 0 spiro atoms. The zero-order valence-corrected chi connectivity index (χ0v) is 5.25. The van der Waals surface area contributed by atoms with E-state index in [1.165, 1.54) is 0 Å². The minimum absolute atomic E-state index is 0.00444. The fourth-order valence-electron chi connectivity index (χ4n) is 0.946. The van der Waals surface area contributed by atoms with Gasteiger partial charge in [0.2, 0.25) is 0 Å². The van der Waals surface area contributed by atoms with Crippen LogP contribution in [0.4, 0.5) is 0 Å². The second-order valence-electron chi connectivity index (χ2n) is 2.44. The normalized spacial score (nSPS) is 36.0. The van der Waals surface area contributed by atoms with E-state index in [1.807, 2.05) is 0 Å². The Morgan fingerprint density at radius 2 is 2.11 bits per heavy atom. The topological polar surface area (TPSA) is 72.3 Å². The fourth-order valence-corrected chi connectivity index (χ4v) is 0.946. The molecule has 52 valence electrons. The third kappa shape index (κ3) is 1.43. The van der Waals surface area contributed by atoms with Gasteiger partial charge in [0.15, 0.2) is 0 Å². The molecule has 0 fully saturated rings. The molecule has 3 heteroatoms. The minimum atomic E-state index is -0.176. The second kappa shape index (κ2) is 2.37. The van der Waals surface area contributed by atoms with E-state index >= 15 is 0 Å². The molecule has 0 aromatic carbocycles. The first-order valence-electron chi connectivity index (χ1n) is 3.12. The van der Waals surface area contributed by atoms with Gasteiger partial charge in [-0.2, -0.15) is 0 Å². The van der Waals surface area contributed by atoms with Gasteiger partial charge in [0, 0.05) is 6.04 Å². The van der Waals surface area contributed by atoms with Crippen molar-refractivity contribution < 1.29 is 5.11 Å². The summed E-state index contributed by atoms with van der Waals surface area (Å²) in [5.74, 6) is 0.244. The van der Waals surface area contributed by atoms with Gasteiger partial charge in [0.05, 0.1) is 6.04 Å². The van der Waals surface area contributed by atoms with Crippen LogP contribution >= 0.6 is 0 Å². The lowest BCUT2D eigenvalue weighted by Gasteiger charge is -2.19. The molecule has 1 rings (SSSR count). The summed E-state index contributed by atoms with van der Waals surface area (Å²) < 4.78 is 0. The second-order valence-corrected chi connectivity index (χ2v) is 2.44. The largest absolute Gasteiger partial charge is 0.511 e. The molecule has 1 aliphatic rings. The number of hydrogen-bond donors (Lipinski definition) is 3. The van der Waals surface area contributed by atoms with E-state index in [2.05, 4.69) is 0 Å². The first-order chi connectivity index (χ1) is 4.20. The van der Waals surface area contributed by atoms with Crippen molar-refractivity contribution in [3.63, 3.8) is 0 Å². The summed E-state index contributed by atoms with van der Waals surface area (Å²) in [5.41, 5.74) is 11.0. The summed E-state index contributed by atoms with van der Waals surface area (Å²) in [7, 11) is 0. The summed E-state index contributed by atoms with van der Waals surface area (Å²) in [6.07, 6.45) is 3.29. The van der Waals surface area contributed by atoms with Crippen LogP contribution in [-0.2, 0) is 0 Å². The molecule has 0 radical (unpaired) electrons. The van der Waals surface area contributed by atoms with Crippen molar-refractivity contribution in [1.82, 2.24) is 0 Å². The van der Waals surface area contributed by atoms with Crippen LogP contribution in [0.15, 0.2) is 11.8 Å². The quantitative estimate of drug-likeness (QED) is 0.425. The third-order valence-electron chi connectivity index (χ3n) is 1.58. The van der Waals surface area contributed by atoms with Crippen molar-refractivity contribution in [3.8, 4) is 0 Å². The van der Waals surface area contributed by atoms with Crippen LogP contribution in [0.3, 0.4) is 0 Å². The number of nitrogens with two attached hydrogens (primary N) is 2. The zero-order valence-electron chi connectivity index (χ0n) is 5.25. The minimum Gasteiger partial charge on any atom is -0.511 e. The Morgan fingerprint density at radius 1 is 1.44 bits per heavy atom. The highest BCUT2D eigenvalue weighted by atomic mass is 16.3. The van der Waals surface area contributed by atoms with Crippen LogP contribution in [0, 0.1) is 0 Å². The number of rotatable bonds is 0. The molecule has 5 N–H and O–H groups in total. The Hall–Kier alpha value is -0.540. The molecule has 0 aromatic rings. The molecule has 1 aliphatic carbocycles. The Morgan fingerprint density at radius 3 is 2.56 bits per heavy atom. The molecule has 2 atom stereocenters. The van der Waals surface area contributed by atoms with E-state index < -0.39 is 0 Å². The predicted molar refractivity (Wildman–Crippen MR) is 35.9 cm³/mol. The lowest BCUT2D eigenvalue weighted by Crippen LogP contribution is -2.32. The van der Waals surface area contributed by atoms with E-state index in [-0.39, 0.29) is 17.8 Å². The van der Waals surface area contributed by atoms with Gasteiger partial charge in [-0.3, -0.25) is 0 Å². The molecule has 2 unspecified atom stereocenters. The maximum atomic E-state index is 9.00. The van der Waals surface area contributed by atoms with Crippen molar-refractivity contribution in [1.29, 1.82) is 0 Å². The van der Waals surface area contributed by atoms with Gasteiger partial charge >= 0.3 is 0 Å². The Bertz CT molecular complexity index is 133. The molecular formula is C6H12N2O. The average molecular weight is 128 g/mol. The Labute approximate surface area is 54.3 Å². The highest BCUT2D eigenvalue weighted by Crippen LogP contribution is 2.12. The van der Waals surface area contributed by atoms with Crippen molar-refractivity contribution >= 4 is 0 Å². The van der Waals surface area contributed by atoms with E-state index in [1.54, 1.807) is 6.08 Å². The van der Waals surface area contributed by atoms with Crippen molar-refractivity contribution in [2.75, 3.05) is 0 Å². The summed E-state index contributed by atoms with van der Waals surface area (Å²) in [6.45, 7) is 0. The Kier molecular flexibility index (Phi) is 1.73. The number of aliphatic hydroxyl groups excluding tert-OH is 1. The lowest BCUT2D eigenvalue weighted by molar-refractivity contribution is 0.335. The van der Waals surface area contributed by atoms with Gasteiger partial charge in [0.1, 0.15) is 5.76 Å². The van der Waals surface area contributed by atoms with Crippen molar-refractivity contribution in [2.24, 2.45) is 11.5 Å². The molecule has 0 saturated carbocycles. The molecule has 0 heterocycles. The first kappa shape index (κ1) is 6.58. The Balaban J connectivity index is 2.61. The van der Waals surface area contributed by atoms with Crippen LogP contribution in [0.5, 0.6) is 0 Å². The van der Waals surface area contributed by atoms with Crippen LogP contribution in [0.2, 0.25) is 0 Å². The third-order valence-corrected chi connectivity index (χ3v) is 1.58. The summed E-state index contributed by atoms with van der Waals surface area (Å²) in [5, 5.41) is 9.00. The lowest BCUT2D eigenvalue weighted by atomic mass is 9.98. The number of hydrogen-bond acceptors (Lipinski definition) is 3. The van der Waals surface area contributed by atoms with Gasteiger partial charge in [-0.25, -0.2) is 0 Å². The van der Waals surface area contributed by atoms with E-state index in [0.717, 1.165) is 12.8 Å². The zero-order chi connectivity index (χ0) is 6.85. The van der Waals surface area contributed by atoms with Crippen LogP contribution in [0.25, 0.3) is 0 Å². The van der Waals surface area contributed by atoms with Crippen molar-refractivity contribution in [3.05, 3.63) is 11.8 Å². The average Bonchev–Trinajstić information content (AvgIpc) is 1.80. The van der Waals surface area contributed by atoms with Gasteiger partial charge < -0.3 is 16.6 Å². The smallest absolute Gasteiger partial charge is 0.106 e. The SMILES string of the molecule is NC1C=C(O)C(N)CC1. The van der Waals surface area contributed by atoms with Crippen LogP contribution < -0.4 is 11.5 Å². The molecule has 3 nitrogen and oxygen atoms in total. The first-order valence-corrected chi connectivity index (χ1v) is 3.12. The van der Waals surface area contributed by atoms with E-state index in [9.17, 15) is 0 Å². The van der Waals surface area contributed by atoms with Crippen molar-refractivity contribution in [2.45, 2.75) is 24.9 Å². The van der Waals surface area contributed by atoms with Crippen LogP contribution in [0.1, 0.15) is 12.8 Å². The highest BCUT2D eigenvalue weighted by molar-refractivity contribution is 5.08. The van der Waals surface area contributed by atoms with Crippen LogP contribution in [-0.4, -0.2) is 17.2 Å². The van der Waals surface area contributed by atoms with E-state index in [4.69, 9.17) is 16.6 Å². The van der Waals surface area contributed by atoms with Gasteiger partial charge in [0.25, 0.3) is 0 Å². The van der Waals surface area contributed by atoms with Gasteiger partial charge in [-0.15, -0.1) is 0 Å². The summed E-state index contributed by atoms with van der Waals surface area (Å²) >= 11 is 0. The van der Waals surface area contributed by atoms with E-state index in [0.29, 0.717) is 0 Å². The highest BCUT2D eigenvalue weighted by Gasteiger charge is 2.15. The van der Waals surface area contributed by atoms with Gasteiger partial charge in [-0.1, -0.05) is 0 Å². The maximum Gasteiger partial charge on any atom is 0.106 e. The fraction of sp³-hybridized carbons (Fsp3) is 0.667. The monoisotopic (exact) mass is 128 g/mol. The molecular weight excluding hydrogens is 116 g/mol. The molecule has 0 aromatic heterocycles.